The van der Waals surface area contributed by atoms with Crippen LogP contribution in [0.4, 0.5) is 0 Å². The van der Waals surface area contributed by atoms with E-state index in [4.69, 9.17) is 4.74 Å². The lowest BCUT2D eigenvalue weighted by Crippen LogP contribution is -2.19. The molecule has 2 nitrogen and oxygen atoms in total. The van der Waals surface area contributed by atoms with Crippen LogP contribution in [0.1, 0.15) is 67.2 Å². The maximum atomic E-state index is 11.5. The number of hydrogen-bond acceptors (Lipinski definition) is 2. The number of carbonyl (C=O) groups excluding carboxylic acids is 1. The molecule has 2 rings (SSSR count). The molecule has 0 spiro atoms. The first-order chi connectivity index (χ1) is 11.7. The van der Waals surface area contributed by atoms with Crippen molar-refractivity contribution in [2.24, 2.45) is 16.7 Å². The van der Waals surface area contributed by atoms with Crippen LogP contribution in [0.25, 0.3) is 0 Å². The summed E-state index contributed by atoms with van der Waals surface area (Å²) in [5, 5.41) is 0. The van der Waals surface area contributed by atoms with Gasteiger partial charge in [0.05, 0.1) is 6.61 Å². The Hall–Kier alpha value is -1.57. The van der Waals surface area contributed by atoms with Crippen molar-refractivity contribution in [3.8, 4) is 0 Å². The van der Waals surface area contributed by atoms with Gasteiger partial charge in [-0.3, -0.25) is 0 Å². The summed E-state index contributed by atoms with van der Waals surface area (Å²) in [6, 6.07) is 0. The summed E-state index contributed by atoms with van der Waals surface area (Å²) >= 11 is 0. The van der Waals surface area contributed by atoms with E-state index < -0.39 is 0 Å². The molecule has 25 heavy (non-hydrogen) atoms. The molecule has 0 aromatic rings. The molecular weight excluding hydrogens is 308 g/mol. The molecule has 0 amide bonds. The summed E-state index contributed by atoms with van der Waals surface area (Å²) < 4.78 is 4.95. The predicted molar refractivity (Wildman–Crippen MR) is 105 cm³/mol. The van der Waals surface area contributed by atoms with E-state index in [0.717, 1.165) is 5.57 Å². The Balaban J connectivity index is 1.99. The molecule has 0 saturated heterocycles. The summed E-state index contributed by atoms with van der Waals surface area (Å²) in [4.78, 5) is 11.5. The van der Waals surface area contributed by atoms with Crippen LogP contribution in [-0.4, -0.2) is 12.6 Å². The first kappa shape index (κ1) is 19.8. The van der Waals surface area contributed by atoms with Gasteiger partial charge >= 0.3 is 5.97 Å². The third kappa shape index (κ3) is 5.20. The molecule has 0 bridgehead atoms. The van der Waals surface area contributed by atoms with E-state index in [1.54, 1.807) is 11.6 Å². The average Bonchev–Trinajstić information content (AvgIpc) is 3.15. The monoisotopic (exact) mass is 342 g/mol. The van der Waals surface area contributed by atoms with Crippen LogP contribution in [0.3, 0.4) is 0 Å². The van der Waals surface area contributed by atoms with Crippen molar-refractivity contribution in [3.63, 3.8) is 0 Å². The lowest BCUT2D eigenvalue weighted by Gasteiger charge is -2.33. The molecule has 0 unspecified atom stereocenters. The lowest BCUT2D eigenvalue weighted by atomic mass is 9.72. The largest absolute Gasteiger partial charge is 0.463 e. The molecule has 138 valence electrons. The van der Waals surface area contributed by atoms with Gasteiger partial charge in [0.2, 0.25) is 0 Å². The molecule has 1 saturated carbocycles. The number of allylic oxidation sites excluding steroid dienone is 7. The SMILES string of the molecule is CCOC(=O)/C=C(C)/C=C/[C@@H]1C[C@]1(C)/C=C/C1=C(C)CCCC1(C)C. The lowest BCUT2D eigenvalue weighted by molar-refractivity contribution is -0.137. The second-order valence-electron chi connectivity index (χ2n) is 8.58. The van der Waals surface area contributed by atoms with Crippen molar-refractivity contribution in [1.82, 2.24) is 0 Å². The molecule has 2 aliphatic carbocycles. The molecule has 2 aliphatic rings. The van der Waals surface area contributed by atoms with Crippen LogP contribution in [0, 0.1) is 16.7 Å². The zero-order valence-electron chi connectivity index (χ0n) is 16.8. The van der Waals surface area contributed by atoms with Gasteiger partial charge in [0.15, 0.2) is 0 Å². The number of ether oxygens (including phenoxy) is 1. The van der Waals surface area contributed by atoms with E-state index in [1.165, 1.54) is 31.3 Å². The van der Waals surface area contributed by atoms with Crippen LogP contribution in [-0.2, 0) is 9.53 Å². The molecule has 0 aromatic carbocycles. The zero-order valence-corrected chi connectivity index (χ0v) is 16.8. The summed E-state index contributed by atoms with van der Waals surface area (Å²) in [5.74, 6) is 0.298. The Bertz CT molecular complexity index is 630. The van der Waals surface area contributed by atoms with E-state index in [9.17, 15) is 4.79 Å². The van der Waals surface area contributed by atoms with Gasteiger partial charge in [0.1, 0.15) is 0 Å². The first-order valence-electron chi connectivity index (χ1n) is 9.60. The van der Waals surface area contributed by atoms with Gasteiger partial charge in [-0.05, 0) is 74.3 Å². The maximum Gasteiger partial charge on any atom is 0.330 e. The van der Waals surface area contributed by atoms with Gasteiger partial charge in [0, 0.05) is 6.08 Å². The van der Waals surface area contributed by atoms with Gasteiger partial charge in [-0.25, -0.2) is 4.79 Å². The fourth-order valence-corrected chi connectivity index (χ4v) is 3.86. The van der Waals surface area contributed by atoms with Crippen LogP contribution in [0.15, 0.2) is 47.1 Å². The van der Waals surface area contributed by atoms with Gasteiger partial charge in [-0.1, -0.05) is 50.6 Å². The van der Waals surface area contributed by atoms with E-state index in [0.29, 0.717) is 17.9 Å². The molecule has 0 N–H and O–H groups in total. The summed E-state index contributed by atoms with van der Waals surface area (Å²) in [6.45, 7) is 13.5. The highest BCUT2D eigenvalue weighted by atomic mass is 16.5. The minimum atomic E-state index is -0.259. The molecule has 0 heterocycles. The van der Waals surface area contributed by atoms with E-state index in [-0.39, 0.29) is 11.4 Å². The van der Waals surface area contributed by atoms with Gasteiger partial charge in [-0.15, -0.1) is 0 Å². The number of esters is 1. The highest BCUT2D eigenvalue weighted by Crippen LogP contribution is 2.55. The standard InChI is InChI=1S/C23H34O2/c1-7-25-21(24)15-17(2)10-11-19-16-23(19,6)14-12-20-18(3)9-8-13-22(20,4)5/h10-12,14-15,19H,7-9,13,16H2,1-6H3/b11-10+,14-12+,17-15+/t19-,23+/m1/s1. The van der Waals surface area contributed by atoms with Gasteiger partial charge in [-0.2, -0.15) is 0 Å². The Morgan fingerprint density at radius 2 is 2.04 bits per heavy atom. The Morgan fingerprint density at radius 3 is 2.68 bits per heavy atom. The molecular formula is C23H34O2. The van der Waals surface area contributed by atoms with Gasteiger partial charge < -0.3 is 4.74 Å². The van der Waals surface area contributed by atoms with E-state index in [2.05, 4.69) is 52.0 Å². The smallest absolute Gasteiger partial charge is 0.330 e. The fraction of sp³-hybridized carbons (Fsp3) is 0.609. The van der Waals surface area contributed by atoms with Crippen molar-refractivity contribution in [2.75, 3.05) is 6.61 Å². The summed E-state index contributed by atoms with van der Waals surface area (Å²) in [7, 11) is 0. The van der Waals surface area contributed by atoms with Crippen LogP contribution in [0.5, 0.6) is 0 Å². The van der Waals surface area contributed by atoms with Crippen molar-refractivity contribution >= 4 is 5.97 Å². The molecule has 0 aliphatic heterocycles. The average molecular weight is 343 g/mol. The van der Waals surface area contributed by atoms with Crippen molar-refractivity contribution < 1.29 is 9.53 Å². The Labute approximate surface area is 153 Å². The molecule has 1 fully saturated rings. The van der Waals surface area contributed by atoms with Crippen molar-refractivity contribution in [2.45, 2.75) is 67.2 Å². The number of carbonyl (C=O) groups is 1. The Kier molecular flexibility index (Phi) is 6.13. The summed E-state index contributed by atoms with van der Waals surface area (Å²) in [5.41, 5.74) is 4.59. The second-order valence-corrected chi connectivity index (χ2v) is 8.58. The highest BCUT2D eigenvalue weighted by molar-refractivity contribution is 5.83. The molecule has 0 aromatic heterocycles. The molecule has 2 heteroatoms. The van der Waals surface area contributed by atoms with E-state index >= 15 is 0 Å². The first-order valence-corrected chi connectivity index (χ1v) is 9.60. The Morgan fingerprint density at radius 1 is 1.32 bits per heavy atom. The number of hydrogen-bond donors (Lipinski definition) is 0. The van der Waals surface area contributed by atoms with Crippen LogP contribution < -0.4 is 0 Å². The predicted octanol–water partition coefficient (Wildman–Crippen LogP) is 6.16. The topological polar surface area (TPSA) is 26.3 Å². The van der Waals surface area contributed by atoms with E-state index in [1.807, 2.05) is 13.8 Å². The third-order valence-electron chi connectivity index (χ3n) is 5.74. The molecule has 2 atom stereocenters. The third-order valence-corrected chi connectivity index (χ3v) is 5.74. The minimum Gasteiger partial charge on any atom is -0.463 e. The van der Waals surface area contributed by atoms with Gasteiger partial charge in [0.25, 0.3) is 0 Å². The minimum absolute atomic E-state index is 0.252. The molecule has 0 radical (unpaired) electrons. The number of rotatable bonds is 6. The van der Waals surface area contributed by atoms with Crippen LogP contribution >= 0.6 is 0 Å². The van der Waals surface area contributed by atoms with Crippen molar-refractivity contribution in [1.29, 1.82) is 0 Å². The van der Waals surface area contributed by atoms with Crippen LogP contribution in [0.2, 0.25) is 0 Å². The maximum absolute atomic E-state index is 11.5. The quantitative estimate of drug-likeness (QED) is 0.328. The summed E-state index contributed by atoms with van der Waals surface area (Å²) in [6.07, 6.45) is 15.7. The van der Waals surface area contributed by atoms with Crippen molar-refractivity contribution in [3.05, 3.63) is 47.1 Å². The zero-order chi connectivity index (χ0) is 18.7. The normalized spacial score (nSPS) is 29.5. The highest BCUT2D eigenvalue weighted by Gasteiger charge is 2.46. The fourth-order valence-electron chi connectivity index (χ4n) is 3.86. The second kappa shape index (κ2) is 7.76.